The number of benzene rings is 1. The van der Waals surface area contributed by atoms with Gasteiger partial charge in [-0.1, -0.05) is 12.1 Å². The highest BCUT2D eigenvalue weighted by atomic mass is 32.1. The Morgan fingerprint density at radius 2 is 2.06 bits per heavy atom. The lowest BCUT2D eigenvalue weighted by Crippen LogP contribution is -2.08. The number of imidazole rings is 1. The Balaban J connectivity index is 2.18. The summed E-state index contributed by atoms with van der Waals surface area (Å²) in [5, 5.41) is 0. The van der Waals surface area contributed by atoms with Crippen LogP contribution in [-0.4, -0.2) is 15.5 Å². The van der Waals surface area contributed by atoms with E-state index in [-0.39, 0.29) is 0 Å². The van der Waals surface area contributed by atoms with E-state index in [9.17, 15) is 4.79 Å². The van der Waals surface area contributed by atoms with Crippen molar-refractivity contribution in [3.05, 3.63) is 41.3 Å². The molecular weight excluding hydrogens is 246 g/mol. The first kappa shape index (κ1) is 11.0. The minimum atomic E-state index is -0.398. The predicted octanol–water partition coefficient (Wildman–Crippen LogP) is 2.40. The minimum absolute atomic E-state index is 0.398. The van der Waals surface area contributed by atoms with Crippen LogP contribution in [0.3, 0.4) is 0 Å². The molecule has 0 saturated heterocycles. The lowest BCUT2D eigenvalue weighted by atomic mass is 10.3. The van der Waals surface area contributed by atoms with Crippen molar-refractivity contribution in [1.82, 2.24) is 9.55 Å². The third-order valence-electron chi connectivity index (χ3n) is 2.86. The van der Waals surface area contributed by atoms with Gasteiger partial charge in [-0.15, -0.1) is 11.3 Å². The highest BCUT2D eigenvalue weighted by molar-refractivity contribution is 7.17. The first-order valence-electron chi connectivity index (χ1n) is 5.48. The number of aryl methyl sites for hydroxylation is 1. The van der Waals surface area contributed by atoms with Gasteiger partial charge in [0.25, 0.3) is 5.91 Å². The molecule has 1 amide bonds. The standard InChI is InChI=1S/C13H11N3OS/c1-16-9-5-3-2-4-8(9)15-13(16)11-7-6-10(18-11)12(14)17/h2-7H,1H3,(H2,14,17). The van der Waals surface area contributed by atoms with Gasteiger partial charge in [0.2, 0.25) is 0 Å². The molecule has 2 N–H and O–H groups in total. The summed E-state index contributed by atoms with van der Waals surface area (Å²) in [5.41, 5.74) is 7.28. The van der Waals surface area contributed by atoms with E-state index in [1.807, 2.05) is 41.9 Å². The quantitative estimate of drug-likeness (QED) is 0.766. The van der Waals surface area contributed by atoms with E-state index in [0.717, 1.165) is 21.7 Å². The molecule has 5 heteroatoms. The average molecular weight is 257 g/mol. The fourth-order valence-corrected chi connectivity index (χ4v) is 2.84. The van der Waals surface area contributed by atoms with E-state index in [0.29, 0.717) is 4.88 Å². The lowest BCUT2D eigenvalue weighted by Gasteiger charge is -1.98. The van der Waals surface area contributed by atoms with E-state index in [1.54, 1.807) is 6.07 Å². The second-order valence-electron chi connectivity index (χ2n) is 4.01. The SMILES string of the molecule is Cn1c(-c2ccc(C(N)=O)s2)nc2ccccc21. The van der Waals surface area contributed by atoms with E-state index < -0.39 is 5.91 Å². The van der Waals surface area contributed by atoms with Gasteiger partial charge in [0.1, 0.15) is 0 Å². The van der Waals surface area contributed by atoms with Crippen LogP contribution < -0.4 is 5.73 Å². The Hall–Kier alpha value is -2.14. The third kappa shape index (κ3) is 1.60. The molecule has 1 aromatic carbocycles. The Morgan fingerprint density at radius 3 is 2.72 bits per heavy atom. The first-order valence-corrected chi connectivity index (χ1v) is 6.30. The summed E-state index contributed by atoms with van der Waals surface area (Å²) in [6.45, 7) is 0. The number of amides is 1. The smallest absolute Gasteiger partial charge is 0.258 e. The molecular formula is C13H11N3OS. The van der Waals surface area contributed by atoms with Crippen LogP contribution in [0.15, 0.2) is 36.4 Å². The number of aromatic nitrogens is 2. The van der Waals surface area contributed by atoms with Crippen molar-refractivity contribution >= 4 is 28.3 Å². The number of rotatable bonds is 2. The molecule has 18 heavy (non-hydrogen) atoms. The number of carbonyl (C=O) groups is 1. The van der Waals surface area contributed by atoms with Crippen LogP contribution in [-0.2, 0) is 7.05 Å². The van der Waals surface area contributed by atoms with Gasteiger partial charge in [0.05, 0.1) is 20.8 Å². The molecule has 0 fully saturated rings. The van der Waals surface area contributed by atoms with Gasteiger partial charge in [-0.2, -0.15) is 0 Å². The van der Waals surface area contributed by atoms with Crippen LogP contribution in [0.5, 0.6) is 0 Å². The van der Waals surface area contributed by atoms with Gasteiger partial charge >= 0.3 is 0 Å². The number of nitrogens with two attached hydrogens (primary N) is 1. The average Bonchev–Trinajstić information content (AvgIpc) is 2.95. The van der Waals surface area contributed by atoms with Crippen LogP contribution in [0, 0.1) is 0 Å². The molecule has 3 rings (SSSR count). The molecule has 0 aliphatic carbocycles. The van der Waals surface area contributed by atoms with Crippen molar-refractivity contribution in [2.75, 3.05) is 0 Å². The van der Waals surface area contributed by atoms with Gasteiger partial charge < -0.3 is 10.3 Å². The van der Waals surface area contributed by atoms with Crippen molar-refractivity contribution < 1.29 is 4.79 Å². The molecule has 0 aliphatic heterocycles. The van der Waals surface area contributed by atoms with Gasteiger partial charge in [-0.05, 0) is 24.3 Å². The molecule has 3 aromatic rings. The molecule has 4 nitrogen and oxygen atoms in total. The van der Waals surface area contributed by atoms with Crippen LogP contribution in [0.4, 0.5) is 0 Å². The number of primary amides is 1. The number of nitrogens with zero attached hydrogens (tertiary/aromatic N) is 2. The number of hydrogen-bond donors (Lipinski definition) is 1. The summed E-state index contributed by atoms with van der Waals surface area (Å²) in [6.07, 6.45) is 0. The molecule has 2 heterocycles. The number of hydrogen-bond acceptors (Lipinski definition) is 3. The zero-order valence-corrected chi connectivity index (χ0v) is 10.6. The van der Waals surface area contributed by atoms with Crippen molar-refractivity contribution in [3.63, 3.8) is 0 Å². The van der Waals surface area contributed by atoms with Crippen LogP contribution in [0.25, 0.3) is 21.7 Å². The number of para-hydroxylation sites is 2. The van der Waals surface area contributed by atoms with Crippen molar-refractivity contribution in [2.45, 2.75) is 0 Å². The van der Waals surface area contributed by atoms with Gasteiger partial charge in [0.15, 0.2) is 5.82 Å². The van der Waals surface area contributed by atoms with Gasteiger partial charge in [0, 0.05) is 7.05 Å². The van der Waals surface area contributed by atoms with Gasteiger partial charge in [-0.25, -0.2) is 4.98 Å². The minimum Gasteiger partial charge on any atom is -0.365 e. The van der Waals surface area contributed by atoms with Crippen molar-refractivity contribution in [2.24, 2.45) is 12.8 Å². The van der Waals surface area contributed by atoms with Crippen LogP contribution in [0.1, 0.15) is 9.67 Å². The highest BCUT2D eigenvalue weighted by Gasteiger charge is 2.13. The Bertz CT molecular complexity index is 742. The molecule has 0 radical (unpaired) electrons. The summed E-state index contributed by atoms with van der Waals surface area (Å²) in [6, 6.07) is 11.6. The van der Waals surface area contributed by atoms with E-state index in [1.165, 1.54) is 11.3 Å². The van der Waals surface area contributed by atoms with Crippen molar-refractivity contribution in [1.29, 1.82) is 0 Å². The van der Waals surface area contributed by atoms with E-state index in [4.69, 9.17) is 5.73 Å². The lowest BCUT2D eigenvalue weighted by molar-refractivity contribution is 0.100. The summed E-state index contributed by atoms with van der Waals surface area (Å²) in [7, 11) is 1.97. The maximum absolute atomic E-state index is 11.1. The Labute approximate surface area is 108 Å². The monoisotopic (exact) mass is 257 g/mol. The first-order chi connectivity index (χ1) is 8.66. The van der Waals surface area contributed by atoms with E-state index >= 15 is 0 Å². The van der Waals surface area contributed by atoms with E-state index in [2.05, 4.69) is 4.98 Å². The summed E-state index contributed by atoms with van der Waals surface area (Å²) in [5.74, 6) is 0.457. The van der Waals surface area contributed by atoms with Crippen molar-refractivity contribution in [3.8, 4) is 10.7 Å². The second-order valence-corrected chi connectivity index (χ2v) is 5.10. The molecule has 0 bridgehead atoms. The third-order valence-corrected chi connectivity index (χ3v) is 3.95. The molecule has 0 saturated carbocycles. The zero-order chi connectivity index (χ0) is 12.7. The summed E-state index contributed by atoms with van der Waals surface area (Å²) >= 11 is 1.37. The summed E-state index contributed by atoms with van der Waals surface area (Å²) < 4.78 is 2.02. The highest BCUT2D eigenvalue weighted by Crippen LogP contribution is 2.29. The summed E-state index contributed by atoms with van der Waals surface area (Å²) in [4.78, 5) is 17.2. The number of thiophene rings is 1. The fourth-order valence-electron chi connectivity index (χ4n) is 1.96. The second kappa shape index (κ2) is 3.96. The van der Waals surface area contributed by atoms with Crippen LogP contribution >= 0.6 is 11.3 Å². The van der Waals surface area contributed by atoms with Crippen LogP contribution in [0.2, 0.25) is 0 Å². The number of carbonyl (C=O) groups excluding carboxylic acids is 1. The largest absolute Gasteiger partial charge is 0.365 e. The molecule has 2 aromatic heterocycles. The maximum Gasteiger partial charge on any atom is 0.258 e. The Morgan fingerprint density at radius 1 is 1.28 bits per heavy atom. The molecule has 0 unspecified atom stereocenters. The maximum atomic E-state index is 11.1. The Kier molecular flexibility index (Phi) is 2.41. The zero-order valence-electron chi connectivity index (χ0n) is 9.75. The molecule has 0 spiro atoms. The molecule has 0 atom stereocenters. The van der Waals surface area contributed by atoms with Gasteiger partial charge in [-0.3, -0.25) is 4.79 Å². The number of fused-ring (bicyclic) bond motifs is 1. The fraction of sp³-hybridized carbons (Fsp3) is 0.0769. The topological polar surface area (TPSA) is 60.9 Å². The predicted molar refractivity (Wildman–Crippen MR) is 72.5 cm³/mol. The molecule has 90 valence electrons. The normalized spacial score (nSPS) is 10.9. The molecule has 0 aliphatic rings.